The van der Waals surface area contributed by atoms with Gasteiger partial charge in [-0.2, -0.15) is 0 Å². The van der Waals surface area contributed by atoms with Crippen LogP contribution in [0, 0.1) is 0 Å². The van der Waals surface area contributed by atoms with Crippen molar-refractivity contribution in [2.75, 3.05) is 6.54 Å². The topological polar surface area (TPSA) is 91.1 Å². The van der Waals surface area contributed by atoms with Gasteiger partial charge in [-0.05, 0) is 19.3 Å². The Morgan fingerprint density at radius 1 is 1.41 bits per heavy atom. The third-order valence-corrected chi connectivity index (χ3v) is 3.28. The number of aromatic nitrogens is 1. The number of amides is 2. The van der Waals surface area contributed by atoms with Crippen LogP contribution in [0.4, 0.5) is 0 Å². The highest BCUT2D eigenvalue weighted by atomic mass is 32.1. The maximum atomic E-state index is 11.7. The first-order valence-corrected chi connectivity index (χ1v) is 6.31. The van der Waals surface area contributed by atoms with Crippen LogP contribution in [0.15, 0.2) is 10.2 Å². The van der Waals surface area contributed by atoms with E-state index in [1.807, 2.05) is 0 Å². The van der Waals surface area contributed by atoms with E-state index in [2.05, 4.69) is 15.6 Å². The Morgan fingerprint density at radius 3 is 2.94 bits per heavy atom. The average Bonchev–Trinajstić information content (AvgIpc) is 2.63. The molecule has 3 N–H and O–H groups in total. The van der Waals surface area contributed by atoms with Crippen LogP contribution in [0.1, 0.15) is 29.8 Å². The molecule has 2 heterocycles. The molecular formula is C10H13N3O3S. The zero-order valence-corrected chi connectivity index (χ0v) is 9.93. The molecule has 92 valence electrons. The zero-order valence-electron chi connectivity index (χ0n) is 9.12. The Hall–Kier alpha value is -1.63. The molecule has 0 aromatic carbocycles. The highest BCUT2D eigenvalue weighted by molar-refractivity contribution is 7.07. The number of hydrogen-bond donors (Lipinski definition) is 3. The molecule has 1 aromatic rings. The zero-order chi connectivity index (χ0) is 12.3. The molecule has 0 radical (unpaired) electrons. The summed E-state index contributed by atoms with van der Waals surface area (Å²) >= 11 is 0.927. The van der Waals surface area contributed by atoms with Crippen molar-refractivity contribution in [1.82, 2.24) is 15.6 Å². The normalized spacial score (nSPS) is 20.5. The van der Waals surface area contributed by atoms with E-state index in [9.17, 15) is 14.4 Å². The van der Waals surface area contributed by atoms with Gasteiger partial charge in [0.2, 0.25) is 5.91 Å². The van der Waals surface area contributed by atoms with E-state index < -0.39 is 11.9 Å². The van der Waals surface area contributed by atoms with Crippen molar-refractivity contribution in [3.8, 4) is 0 Å². The number of aromatic amines is 1. The predicted octanol–water partition coefficient (Wildman–Crippen LogP) is -0.165. The lowest BCUT2D eigenvalue weighted by atomic mass is 10.1. The number of nitrogens with one attached hydrogen (secondary N) is 3. The van der Waals surface area contributed by atoms with Crippen molar-refractivity contribution in [2.24, 2.45) is 0 Å². The molecule has 1 saturated heterocycles. The Morgan fingerprint density at radius 2 is 2.24 bits per heavy atom. The number of thiazole rings is 1. The minimum atomic E-state index is -0.506. The summed E-state index contributed by atoms with van der Waals surface area (Å²) in [5.41, 5.74) is 0.206. The average molecular weight is 255 g/mol. The summed E-state index contributed by atoms with van der Waals surface area (Å²) in [5.74, 6) is -0.571. The molecule has 1 aromatic heterocycles. The van der Waals surface area contributed by atoms with Gasteiger partial charge in [0.1, 0.15) is 11.7 Å². The lowest BCUT2D eigenvalue weighted by Crippen LogP contribution is -2.45. The highest BCUT2D eigenvalue weighted by Gasteiger charge is 2.23. The van der Waals surface area contributed by atoms with Crippen LogP contribution >= 0.6 is 11.3 Å². The summed E-state index contributed by atoms with van der Waals surface area (Å²) in [6.07, 6.45) is 2.45. The Balaban J connectivity index is 2.02. The third kappa shape index (κ3) is 2.94. The Kier molecular flexibility index (Phi) is 3.58. The van der Waals surface area contributed by atoms with Gasteiger partial charge in [0.25, 0.3) is 5.91 Å². The van der Waals surface area contributed by atoms with Gasteiger partial charge in [-0.25, -0.2) is 0 Å². The SMILES string of the molecule is O=C(NC1CCCCNC1=O)c1csc(=O)[nH]1. The molecule has 0 bridgehead atoms. The van der Waals surface area contributed by atoms with E-state index in [1.54, 1.807) is 0 Å². The van der Waals surface area contributed by atoms with E-state index in [-0.39, 0.29) is 16.5 Å². The van der Waals surface area contributed by atoms with E-state index >= 15 is 0 Å². The molecule has 0 saturated carbocycles. The molecular weight excluding hydrogens is 242 g/mol. The van der Waals surface area contributed by atoms with Crippen LogP contribution in [0.25, 0.3) is 0 Å². The molecule has 6 nitrogen and oxygen atoms in total. The molecule has 17 heavy (non-hydrogen) atoms. The van der Waals surface area contributed by atoms with Gasteiger partial charge in [-0.3, -0.25) is 14.4 Å². The van der Waals surface area contributed by atoms with Gasteiger partial charge in [0.15, 0.2) is 0 Å². The summed E-state index contributed by atoms with van der Waals surface area (Å²) in [7, 11) is 0. The molecule has 1 aliphatic heterocycles. The van der Waals surface area contributed by atoms with Crippen LogP contribution in [0.3, 0.4) is 0 Å². The number of carbonyl (C=O) groups excluding carboxylic acids is 2. The van der Waals surface area contributed by atoms with E-state index in [4.69, 9.17) is 0 Å². The molecule has 1 fully saturated rings. The first-order valence-electron chi connectivity index (χ1n) is 5.43. The van der Waals surface area contributed by atoms with Gasteiger partial charge in [-0.1, -0.05) is 11.3 Å². The van der Waals surface area contributed by atoms with Crippen molar-refractivity contribution in [1.29, 1.82) is 0 Å². The Labute approximate surface area is 101 Å². The molecule has 7 heteroatoms. The highest BCUT2D eigenvalue weighted by Crippen LogP contribution is 2.06. The van der Waals surface area contributed by atoms with Crippen LogP contribution in [0.5, 0.6) is 0 Å². The number of carbonyl (C=O) groups is 2. The smallest absolute Gasteiger partial charge is 0.305 e. The van der Waals surface area contributed by atoms with E-state index in [0.29, 0.717) is 13.0 Å². The minimum absolute atomic E-state index is 0.159. The second-order valence-electron chi connectivity index (χ2n) is 3.87. The lowest BCUT2D eigenvalue weighted by molar-refractivity contribution is -0.122. The summed E-state index contributed by atoms with van der Waals surface area (Å²) in [4.78, 5) is 36.4. The standard InChI is InChI=1S/C10H13N3O3S/c14-8-6(3-1-2-4-11-8)12-9(15)7-5-17-10(16)13-7/h5-6H,1-4H2,(H,11,14)(H,12,15)(H,13,16). The third-order valence-electron chi connectivity index (χ3n) is 2.61. The van der Waals surface area contributed by atoms with Crippen LogP contribution in [0.2, 0.25) is 0 Å². The fraction of sp³-hybridized carbons (Fsp3) is 0.500. The van der Waals surface area contributed by atoms with Gasteiger partial charge in [0.05, 0.1) is 0 Å². The van der Waals surface area contributed by atoms with Crippen molar-refractivity contribution >= 4 is 23.2 Å². The summed E-state index contributed by atoms with van der Waals surface area (Å²) in [5, 5.41) is 6.81. The van der Waals surface area contributed by atoms with E-state index in [1.165, 1.54) is 5.38 Å². The Bertz CT molecular complexity index is 479. The first-order chi connectivity index (χ1) is 8.16. The van der Waals surface area contributed by atoms with Crippen LogP contribution in [-0.2, 0) is 4.79 Å². The second-order valence-corrected chi connectivity index (χ2v) is 4.72. The van der Waals surface area contributed by atoms with Gasteiger partial charge >= 0.3 is 4.87 Å². The molecule has 0 aliphatic carbocycles. The predicted molar refractivity (Wildman–Crippen MR) is 63.1 cm³/mol. The monoisotopic (exact) mass is 255 g/mol. The molecule has 2 rings (SSSR count). The van der Waals surface area contributed by atoms with Gasteiger partial charge in [0, 0.05) is 11.9 Å². The van der Waals surface area contributed by atoms with Crippen molar-refractivity contribution in [2.45, 2.75) is 25.3 Å². The summed E-state index contributed by atoms with van der Waals surface area (Å²) in [6, 6.07) is -0.506. The van der Waals surface area contributed by atoms with Gasteiger partial charge < -0.3 is 15.6 Å². The fourth-order valence-electron chi connectivity index (χ4n) is 1.70. The minimum Gasteiger partial charge on any atom is -0.354 e. The molecule has 1 aliphatic rings. The van der Waals surface area contributed by atoms with Crippen molar-refractivity contribution in [3.63, 3.8) is 0 Å². The van der Waals surface area contributed by atoms with E-state index in [0.717, 1.165) is 24.2 Å². The van der Waals surface area contributed by atoms with Crippen molar-refractivity contribution in [3.05, 3.63) is 20.7 Å². The van der Waals surface area contributed by atoms with Gasteiger partial charge in [-0.15, -0.1) is 0 Å². The largest absolute Gasteiger partial charge is 0.354 e. The maximum Gasteiger partial charge on any atom is 0.305 e. The van der Waals surface area contributed by atoms with Crippen LogP contribution in [-0.4, -0.2) is 29.4 Å². The molecule has 0 spiro atoms. The maximum absolute atomic E-state index is 11.7. The van der Waals surface area contributed by atoms with Crippen LogP contribution < -0.4 is 15.5 Å². The lowest BCUT2D eigenvalue weighted by Gasteiger charge is -2.14. The van der Waals surface area contributed by atoms with Crippen molar-refractivity contribution < 1.29 is 9.59 Å². The number of H-pyrrole nitrogens is 1. The quantitative estimate of drug-likeness (QED) is 0.685. The number of rotatable bonds is 2. The number of hydrogen-bond acceptors (Lipinski definition) is 4. The first kappa shape index (κ1) is 11.8. The summed E-state index contributed by atoms with van der Waals surface area (Å²) < 4.78 is 0. The molecule has 2 amide bonds. The molecule has 1 atom stereocenters. The fourth-order valence-corrected chi connectivity index (χ4v) is 2.26. The second kappa shape index (κ2) is 5.13. The molecule has 1 unspecified atom stereocenters. The summed E-state index contributed by atoms with van der Waals surface area (Å²) in [6.45, 7) is 0.653.